The maximum absolute atomic E-state index is 14.1. The summed E-state index contributed by atoms with van der Waals surface area (Å²) in [5, 5.41) is 11.5. The Kier molecular flexibility index (Phi) is 6.83. The zero-order chi connectivity index (χ0) is 26.8. The van der Waals surface area contributed by atoms with Gasteiger partial charge in [0.15, 0.2) is 11.5 Å². The van der Waals surface area contributed by atoms with Crippen LogP contribution in [0.1, 0.15) is 43.7 Å². The lowest BCUT2D eigenvalue weighted by molar-refractivity contribution is -0.127. The van der Waals surface area contributed by atoms with Crippen LogP contribution in [0.4, 0.5) is 10.1 Å². The van der Waals surface area contributed by atoms with Gasteiger partial charge in [-0.3, -0.25) is 14.5 Å². The van der Waals surface area contributed by atoms with Gasteiger partial charge in [-0.25, -0.2) is 9.07 Å². The maximum Gasteiger partial charge on any atom is 0.249 e. The van der Waals surface area contributed by atoms with E-state index in [-0.39, 0.29) is 25.3 Å². The zero-order valence-corrected chi connectivity index (χ0v) is 21.3. The van der Waals surface area contributed by atoms with E-state index in [0.29, 0.717) is 33.8 Å². The number of halogens is 1. The summed E-state index contributed by atoms with van der Waals surface area (Å²) >= 11 is 0. The molecule has 1 N–H and O–H groups in total. The van der Waals surface area contributed by atoms with E-state index in [0.717, 1.165) is 32.1 Å². The number of nitrogens with one attached hydrogen (secondary N) is 1. The highest BCUT2D eigenvalue weighted by Gasteiger charge is 2.35. The fourth-order valence-corrected chi connectivity index (χ4v) is 5.30. The maximum atomic E-state index is 14.1. The fourth-order valence-electron chi connectivity index (χ4n) is 5.30. The minimum absolute atomic E-state index is 0.0159. The van der Waals surface area contributed by atoms with E-state index < -0.39 is 17.8 Å². The smallest absolute Gasteiger partial charge is 0.249 e. The van der Waals surface area contributed by atoms with Crippen molar-refractivity contribution < 1.29 is 23.5 Å². The molecule has 39 heavy (non-hydrogen) atoms. The summed E-state index contributed by atoms with van der Waals surface area (Å²) in [6.07, 6.45) is 4.98. The van der Waals surface area contributed by atoms with Gasteiger partial charge in [0.2, 0.25) is 18.6 Å². The SMILES string of the molecule is O=C(NC1CCCCC1)[C@H](c1ccc(F)cc1)N(C(=O)Cn1nnc2ccccc21)c1ccc2c(c1)OCO2. The van der Waals surface area contributed by atoms with E-state index in [1.807, 2.05) is 24.3 Å². The third-order valence-corrected chi connectivity index (χ3v) is 7.25. The van der Waals surface area contributed by atoms with E-state index in [1.54, 1.807) is 30.3 Å². The average Bonchev–Trinajstić information content (AvgIpc) is 3.59. The summed E-state index contributed by atoms with van der Waals surface area (Å²) < 4.78 is 26.5. The van der Waals surface area contributed by atoms with Gasteiger partial charge >= 0.3 is 0 Å². The van der Waals surface area contributed by atoms with Crippen molar-refractivity contribution in [2.75, 3.05) is 11.7 Å². The molecule has 6 rings (SSSR count). The molecule has 0 radical (unpaired) electrons. The second-order valence-electron chi connectivity index (χ2n) is 9.83. The molecule has 2 heterocycles. The molecule has 1 aliphatic carbocycles. The number of fused-ring (bicyclic) bond motifs is 2. The molecule has 1 atom stereocenters. The number of hydrogen-bond acceptors (Lipinski definition) is 6. The zero-order valence-electron chi connectivity index (χ0n) is 21.3. The van der Waals surface area contributed by atoms with E-state index in [1.165, 1.54) is 21.7 Å². The molecule has 200 valence electrons. The first kappa shape index (κ1) is 24.8. The summed E-state index contributed by atoms with van der Waals surface area (Å²) in [6, 6.07) is 17.1. The van der Waals surface area contributed by atoms with Crippen molar-refractivity contribution in [3.8, 4) is 11.5 Å². The van der Waals surface area contributed by atoms with Crippen molar-refractivity contribution in [3.05, 3.63) is 78.1 Å². The standard InChI is InChI=1S/C29H28FN5O4/c30-20-12-10-19(11-13-20)28(29(37)31-21-6-2-1-3-7-21)35(22-14-15-25-26(16-22)39-18-38-25)27(36)17-34-24-9-5-4-8-23(24)32-33-34/h4-5,8-16,21,28H,1-3,6-7,17-18H2,(H,31,37)/t28-/m0/s1. The number of carbonyl (C=O) groups excluding carboxylic acids is 2. The molecule has 1 aliphatic heterocycles. The number of anilines is 1. The third kappa shape index (κ3) is 5.14. The minimum Gasteiger partial charge on any atom is -0.454 e. The molecule has 2 aliphatic rings. The van der Waals surface area contributed by atoms with Crippen molar-refractivity contribution in [3.63, 3.8) is 0 Å². The van der Waals surface area contributed by atoms with Crippen LogP contribution in [0.25, 0.3) is 11.0 Å². The predicted octanol–water partition coefficient (Wildman–Crippen LogP) is 4.52. The van der Waals surface area contributed by atoms with E-state index in [9.17, 15) is 14.0 Å². The van der Waals surface area contributed by atoms with Crippen molar-refractivity contribution in [2.24, 2.45) is 0 Å². The van der Waals surface area contributed by atoms with Crippen LogP contribution in [0.5, 0.6) is 11.5 Å². The van der Waals surface area contributed by atoms with Crippen LogP contribution in [0, 0.1) is 5.82 Å². The second kappa shape index (κ2) is 10.7. The predicted molar refractivity (Wildman–Crippen MR) is 142 cm³/mol. The van der Waals surface area contributed by atoms with Crippen LogP contribution in [0.3, 0.4) is 0 Å². The first-order valence-electron chi connectivity index (χ1n) is 13.1. The summed E-state index contributed by atoms with van der Waals surface area (Å²) in [5.74, 6) is -0.124. The van der Waals surface area contributed by atoms with Crippen LogP contribution >= 0.6 is 0 Å². The summed E-state index contributed by atoms with van der Waals surface area (Å²) in [5.41, 5.74) is 2.28. The Bertz CT molecular complexity index is 1500. The summed E-state index contributed by atoms with van der Waals surface area (Å²) in [7, 11) is 0. The Balaban J connectivity index is 1.42. The quantitative estimate of drug-likeness (QED) is 0.378. The minimum atomic E-state index is -1.06. The van der Waals surface area contributed by atoms with Gasteiger partial charge in [0.25, 0.3) is 0 Å². The topological polar surface area (TPSA) is 98.6 Å². The van der Waals surface area contributed by atoms with Crippen LogP contribution < -0.4 is 19.7 Å². The Morgan fingerprint density at radius 2 is 1.77 bits per heavy atom. The first-order valence-corrected chi connectivity index (χ1v) is 13.1. The molecular weight excluding hydrogens is 501 g/mol. The fraction of sp³-hybridized carbons (Fsp3) is 0.310. The van der Waals surface area contributed by atoms with Crippen LogP contribution in [0.15, 0.2) is 66.7 Å². The summed E-state index contributed by atoms with van der Waals surface area (Å²) in [6.45, 7) is -0.0927. The summed E-state index contributed by atoms with van der Waals surface area (Å²) in [4.78, 5) is 29.6. The van der Waals surface area contributed by atoms with E-state index in [4.69, 9.17) is 9.47 Å². The number of aromatic nitrogens is 3. The number of hydrogen-bond donors (Lipinski definition) is 1. The highest BCUT2D eigenvalue weighted by Crippen LogP contribution is 2.38. The van der Waals surface area contributed by atoms with Gasteiger partial charge in [-0.15, -0.1) is 5.10 Å². The molecule has 0 saturated heterocycles. The Labute approximate surface area is 224 Å². The molecule has 0 spiro atoms. The van der Waals surface area contributed by atoms with Gasteiger partial charge in [-0.05, 0) is 54.8 Å². The Morgan fingerprint density at radius 1 is 1.00 bits per heavy atom. The third-order valence-electron chi connectivity index (χ3n) is 7.25. The lowest BCUT2D eigenvalue weighted by Crippen LogP contribution is -2.48. The van der Waals surface area contributed by atoms with Crippen molar-refractivity contribution in [1.29, 1.82) is 0 Å². The molecule has 3 aromatic carbocycles. The second-order valence-corrected chi connectivity index (χ2v) is 9.83. The van der Waals surface area contributed by atoms with Crippen LogP contribution in [-0.4, -0.2) is 39.6 Å². The van der Waals surface area contributed by atoms with Crippen LogP contribution in [0.2, 0.25) is 0 Å². The van der Waals surface area contributed by atoms with Gasteiger partial charge in [0.1, 0.15) is 23.9 Å². The highest BCUT2D eigenvalue weighted by molar-refractivity contribution is 6.02. The van der Waals surface area contributed by atoms with Crippen molar-refractivity contribution in [1.82, 2.24) is 20.3 Å². The molecule has 1 aromatic heterocycles. The molecule has 0 bridgehead atoms. The molecular formula is C29H28FN5O4. The molecule has 0 unspecified atom stereocenters. The van der Waals surface area contributed by atoms with Crippen LogP contribution in [-0.2, 0) is 16.1 Å². The van der Waals surface area contributed by atoms with Gasteiger partial charge in [0.05, 0.1) is 5.52 Å². The number of benzene rings is 3. The normalized spacial score (nSPS) is 15.7. The number of nitrogens with zero attached hydrogens (tertiary/aromatic N) is 4. The monoisotopic (exact) mass is 529 g/mol. The average molecular weight is 530 g/mol. The number of para-hydroxylation sites is 1. The van der Waals surface area contributed by atoms with Gasteiger partial charge in [-0.1, -0.05) is 48.7 Å². The van der Waals surface area contributed by atoms with E-state index in [2.05, 4.69) is 15.6 Å². The molecule has 10 heteroatoms. The largest absolute Gasteiger partial charge is 0.454 e. The molecule has 1 saturated carbocycles. The van der Waals surface area contributed by atoms with Gasteiger partial charge in [-0.2, -0.15) is 0 Å². The Hall–Kier alpha value is -4.47. The lowest BCUT2D eigenvalue weighted by Gasteiger charge is -2.33. The Morgan fingerprint density at radius 3 is 2.59 bits per heavy atom. The molecule has 1 fully saturated rings. The molecule has 9 nitrogen and oxygen atoms in total. The van der Waals surface area contributed by atoms with Gasteiger partial charge < -0.3 is 14.8 Å². The number of ether oxygens (including phenoxy) is 2. The van der Waals surface area contributed by atoms with E-state index >= 15 is 0 Å². The number of amides is 2. The lowest BCUT2D eigenvalue weighted by atomic mass is 9.94. The molecule has 2 amide bonds. The number of carbonyl (C=O) groups is 2. The number of rotatable bonds is 7. The molecule has 4 aromatic rings. The van der Waals surface area contributed by atoms with Gasteiger partial charge in [0, 0.05) is 17.8 Å². The van der Waals surface area contributed by atoms with Crippen molar-refractivity contribution in [2.45, 2.75) is 50.7 Å². The van der Waals surface area contributed by atoms with Crippen molar-refractivity contribution >= 4 is 28.5 Å². The highest BCUT2D eigenvalue weighted by atomic mass is 19.1. The first-order chi connectivity index (χ1) is 19.1.